The minimum atomic E-state index is -0.0842. The molecule has 0 aliphatic heterocycles. The smallest absolute Gasteiger partial charge is 0.226 e. The topological polar surface area (TPSA) is 83.6 Å². The van der Waals surface area contributed by atoms with Gasteiger partial charge in [0, 0.05) is 22.7 Å². The Morgan fingerprint density at radius 1 is 1.03 bits per heavy atom. The van der Waals surface area contributed by atoms with Gasteiger partial charge in [0.2, 0.25) is 5.91 Å². The molecule has 0 aliphatic rings. The number of aromatic nitrogens is 3. The van der Waals surface area contributed by atoms with E-state index < -0.39 is 0 Å². The van der Waals surface area contributed by atoms with Crippen molar-refractivity contribution in [3.05, 3.63) is 101 Å². The molecule has 0 saturated heterocycles. The van der Waals surface area contributed by atoms with Crippen LogP contribution >= 0.6 is 11.6 Å². The van der Waals surface area contributed by atoms with Gasteiger partial charge >= 0.3 is 0 Å². The van der Waals surface area contributed by atoms with Gasteiger partial charge in [-0.15, -0.1) is 5.10 Å². The van der Waals surface area contributed by atoms with Crippen LogP contribution in [-0.2, 0) is 11.3 Å². The van der Waals surface area contributed by atoms with Crippen LogP contribution in [0.15, 0.2) is 85.1 Å². The molecule has 0 atom stereocenters. The van der Waals surface area contributed by atoms with Crippen molar-refractivity contribution in [1.29, 1.82) is 5.26 Å². The third-order valence-electron chi connectivity index (χ3n) is 4.96. The van der Waals surface area contributed by atoms with Crippen LogP contribution in [0.25, 0.3) is 22.9 Å². The summed E-state index contributed by atoms with van der Waals surface area (Å²) in [6, 6.07) is 26.5. The average Bonchev–Trinajstić information content (AvgIpc) is 3.32. The second-order valence-electron chi connectivity index (χ2n) is 7.33. The van der Waals surface area contributed by atoms with E-state index >= 15 is 0 Å². The van der Waals surface area contributed by atoms with Crippen molar-refractivity contribution < 1.29 is 4.79 Å². The number of nitrogens with zero attached hydrogens (tertiary/aromatic N) is 4. The van der Waals surface area contributed by atoms with Gasteiger partial charge < -0.3 is 5.32 Å². The fourth-order valence-corrected chi connectivity index (χ4v) is 3.35. The predicted molar refractivity (Wildman–Crippen MR) is 130 cm³/mol. The fourth-order valence-electron chi connectivity index (χ4n) is 3.23. The van der Waals surface area contributed by atoms with Crippen LogP contribution in [0, 0.1) is 11.3 Å². The highest BCUT2D eigenvalue weighted by atomic mass is 35.5. The number of nitrogens with one attached hydrogen (secondary N) is 1. The first-order valence-corrected chi connectivity index (χ1v) is 10.7. The van der Waals surface area contributed by atoms with E-state index in [0.717, 1.165) is 22.4 Å². The third-order valence-corrected chi connectivity index (χ3v) is 5.21. The number of carbonyl (C=O) groups is 1. The number of allylic oxidation sites excluding steroid dienone is 1. The zero-order chi connectivity index (χ0) is 23.0. The van der Waals surface area contributed by atoms with Gasteiger partial charge in [0.1, 0.15) is 5.69 Å². The van der Waals surface area contributed by atoms with Crippen LogP contribution in [0.1, 0.15) is 17.5 Å². The van der Waals surface area contributed by atoms with Crippen molar-refractivity contribution in [2.24, 2.45) is 0 Å². The van der Waals surface area contributed by atoms with Gasteiger partial charge in [-0.05, 0) is 41.5 Å². The number of halogens is 1. The van der Waals surface area contributed by atoms with Crippen LogP contribution in [0.5, 0.6) is 0 Å². The molecule has 0 aliphatic carbocycles. The van der Waals surface area contributed by atoms with E-state index in [1.54, 1.807) is 23.0 Å². The minimum absolute atomic E-state index is 0.0842. The maximum atomic E-state index is 12.1. The molecule has 3 aromatic carbocycles. The van der Waals surface area contributed by atoms with Gasteiger partial charge in [-0.25, -0.2) is 0 Å². The van der Waals surface area contributed by atoms with Crippen molar-refractivity contribution in [3.8, 4) is 17.3 Å². The molecule has 0 unspecified atom stereocenters. The van der Waals surface area contributed by atoms with Crippen molar-refractivity contribution in [1.82, 2.24) is 15.0 Å². The highest BCUT2D eigenvalue weighted by Gasteiger charge is 2.08. The largest absolute Gasteiger partial charge is 0.326 e. The van der Waals surface area contributed by atoms with E-state index in [1.165, 1.54) is 0 Å². The zero-order valence-electron chi connectivity index (χ0n) is 17.6. The summed E-state index contributed by atoms with van der Waals surface area (Å²) in [7, 11) is 0. The number of hydrogen-bond acceptors (Lipinski definition) is 4. The normalized spacial score (nSPS) is 11.1. The highest BCUT2D eigenvalue weighted by Crippen LogP contribution is 2.23. The molecule has 0 spiro atoms. The molecule has 0 fully saturated rings. The molecule has 0 saturated carbocycles. The monoisotopic (exact) mass is 453 g/mol. The lowest BCUT2D eigenvalue weighted by Crippen LogP contribution is -2.14. The Bertz CT molecular complexity index is 1300. The average molecular weight is 454 g/mol. The van der Waals surface area contributed by atoms with E-state index in [2.05, 4.69) is 21.7 Å². The minimum Gasteiger partial charge on any atom is -0.326 e. The Kier molecular flexibility index (Phi) is 6.93. The van der Waals surface area contributed by atoms with Gasteiger partial charge in [0.25, 0.3) is 0 Å². The summed E-state index contributed by atoms with van der Waals surface area (Å²) in [5, 5.41) is 21.4. The molecule has 1 aromatic heterocycles. The maximum absolute atomic E-state index is 12.1. The van der Waals surface area contributed by atoms with E-state index in [4.69, 9.17) is 11.6 Å². The quantitative estimate of drug-likeness (QED) is 0.287. The summed E-state index contributed by atoms with van der Waals surface area (Å²) in [6.45, 7) is 0.423. The molecule has 6 nitrogen and oxygen atoms in total. The number of rotatable bonds is 7. The Balaban J connectivity index is 1.39. The number of para-hydroxylation sites is 1. The molecule has 1 amide bonds. The summed E-state index contributed by atoms with van der Waals surface area (Å²) in [5.41, 5.74) is 4.61. The molecular weight excluding hydrogens is 434 g/mol. The van der Waals surface area contributed by atoms with Crippen LogP contribution in [0.3, 0.4) is 0 Å². The highest BCUT2D eigenvalue weighted by molar-refractivity contribution is 6.30. The van der Waals surface area contributed by atoms with E-state index in [0.29, 0.717) is 22.8 Å². The summed E-state index contributed by atoms with van der Waals surface area (Å²) in [5.74, 6) is -0.0842. The first-order valence-electron chi connectivity index (χ1n) is 10.3. The number of nitriles is 1. The first kappa shape index (κ1) is 22.0. The second-order valence-corrected chi connectivity index (χ2v) is 7.77. The van der Waals surface area contributed by atoms with Crippen molar-refractivity contribution >= 4 is 34.8 Å². The Morgan fingerprint density at radius 3 is 2.45 bits per heavy atom. The molecule has 33 heavy (non-hydrogen) atoms. The van der Waals surface area contributed by atoms with E-state index in [1.807, 2.05) is 72.8 Å². The lowest BCUT2D eigenvalue weighted by Gasteiger charge is -2.04. The lowest BCUT2D eigenvalue weighted by molar-refractivity contribution is -0.116. The molecule has 0 radical (unpaired) electrons. The molecule has 1 heterocycles. The third kappa shape index (κ3) is 5.94. The second kappa shape index (κ2) is 10.4. The summed E-state index contributed by atoms with van der Waals surface area (Å²) in [4.78, 5) is 12.1. The number of benzene rings is 3. The van der Waals surface area contributed by atoms with Crippen LogP contribution < -0.4 is 5.32 Å². The van der Waals surface area contributed by atoms with Crippen molar-refractivity contribution in [2.45, 2.75) is 13.0 Å². The van der Waals surface area contributed by atoms with Gasteiger partial charge in [0.15, 0.2) is 0 Å². The lowest BCUT2D eigenvalue weighted by atomic mass is 10.0. The fraction of sp³-hybridized carbons (Fsp3) is 0.0769. The molecule has 4 rings (SSSR count). The summed E-state index contributed by atoms with van der Waals surface area (Å²) in [6.07, 6.45) is 3.92. The number of hydrogen-bond donors (Lipinski definition) is 1. The van der Waals surface area contributed by atoms with Crippen LogP contribution in [0.2, 0.25) is 5.02 Å². The Morgan fingerprint density at radius 2 is 1.76 bits per heavy atom. The van der Waals surface area contributed by atoms with Crippen molar-refractivity contribution in [2.75, 3.05) is 5.32 Å². The Labute approximate surface area is 196 Å². The summed E-state index contributed by atoms with van der Waals surface area (Å²) < 4.78 is 1.65. The first-order chi connectivity index (χ1) is 16.1. The molecule has 7 heteroatoms. The number of anilines is 1. The molecule has 0 bridgehead atoms. The SMILES string of the molecule is N#C/C(=C\c1ccc(Cl)cc1)c1ccc(-c2cn(CCC(=O)Nc3ccccc3)nn2)cc1. The Hall–Kier alpha value is -4.21. The van der Waals surface area contributed by atoms with Crippen molar-refractivity contribution in [3.63, 3.8) is 0 Å². The zero-order valence-corrected chi connectivity index (χ0v) is 18.4. The van der Waals surface area contributed by atoms with Gasteiger partial charge in [-0.2, -0.15) is 5.26 Å². The summed E-state index contributed by atoms with van der Waals surface area (Å²) >= 11 is 5.93. The maximum Gasteiger partial charge on any atom is 0.226 e. The van der Waals surface area contributed by atoms with Gasteiger partial charge in [-0.1, -0.05) is 71.4 Å². The standard InChI is InChI=1S/C26H20ClN5O/c27-23-12-6-19(7-13-23)16-22(17-28)20-8-10-21(11-9-20)25-18-32(31-30-25)15-14-26(33)29-24-4-2-1-3-5-24/h1-13,16,18H,14-15H2,(H,29,33)/b22-16+. The number of amides is 1. The van der Waals surface area contributed by atoms with Gasteiger partial charge in [-0.3, -0.25) is 9.48 Å². The number of carbonyl (C=O) groups excluding carboxylic acids is 1. The number of aryl methyl sites for hydroxylation is 1. The van der Waals surface area contributed by atoms with Crippen LogP contribution in [-0.4, -0.2) is 20.9 Å². The molecule has 1 N–H and O–H groups in total. The van der Waals surface area contributed by atoms with E-state index in [9.17, 15) is 10.1 Å². The van der Waals surface area contributed by atoms with E-state index in [-0.39, 0.29) is 12.3 Å². The van der Waals surface area contributed by atoms with Crippen LogP contribution in [0.4, 0.5) is 5.69 Å². The molecule has 4 aromatic rings. The molecular formula is C26H20ClN5O. The molecule has 162 valence electrons. The van der Waals surface area contributed by atoms with Gasteiger partial charge in [0.05, 0.1) is 24.4 Å². The predicted octanol–water partition coefficient (Wildman–Crippen LogP) is 5.69.